The molecule has 1 aliphatic rings. The Kier molecular flexibility index (Phi) is 6.03. The van der Waals surface area contributed by atoms with Gasteiger partial charge in [0, 0.05) is 42.8 Å². The van der Waals surface area contributed by atoms with E-state index < -0.39 is 0 Å². The summed E-state index contributed by atoms with van der Waals surface area (Å²) in [6.07, 6.45) is 0. The van der Waals surface area contributed by atoms with E-state index >= 15 is 0 Å². The summed E-state index contributed by atoms with van der Waals surface area (Å²) in [5, 5.41) is 6.95. The van der Waals surface area contributed by atoms with E-state index in [1.807, 2.05) is 36.4 Å². The van der Waals surface area contributed by atoms with Crippen LogP contribution in [0.15, 0.2) is 36.4 Å². The molecule has 162 valence electrons. The molecule has 1 aromatic heterocycles. The van der Waals surface area contributed by atoms with Gasteiger partial charge in [-0.25, -0.2) is 4.98 Å². The Bertz CT molecular complexity index is 1080. The monoisotopic (exact) mass is 423 g/mol. The zero-order valence-corrected chi connectivity index (χ0v) is 17.8. The minimum atomic E-state index is -0.112. The molecule has 2 aromatic carbocycles. The van der Waals surface area contributed by atoms with Crippen molar-refractivity contribution < 1.29 is 19.0 Å². The van der Waals surface area contributed by atoms with Crippen molar-refractivity contribution in [1.29, 1.82) is 0 Å². The van der Waals surface area contributed by atoms with E-state index in [2.05, 4.69) is 15.5 Å². The fraction of sp³-hybridized carbons (Fsp3) is 0.318. The highest BCUT2D eigenvalue weighted by molar-refractivity contribution is 5.94. The quantitative estimate of drug-likeness (QED) is 0.624. The van der Waals surface area contributed by atoms with Crippen LogP contribution in [0, 0.1) is 0 Å². The normalized spacial score (nSPS) is 13.7. The van der Waals surface area contributed by atoms with Crippen molar-refractivity contribution >= 4 is 40.0 Å². The van der Waals surface area contributed by atoms with Gasteiger partial charge in [-0.15, -0.1) is 0 Å². The summed E-state index contributed by atoms with van der Waals surface area (Å²) in [4.78, 5) is 22.9. The number of amides is 1. The zero-order valence-electron chi connectivity index (χ0n) is 17.8. The topological polar surface area (TPSA) is 97.8 Å². The molecule has 31 heavy (non-hydrogen) atoms. The predicted octanol–water partition coefficient (Wildman–Crippen LogP) is 3.19. The predicted molar refractivity (Wildman–Crippen MR) is 120 cm³/mol. The summed E-state index contributed by atoms with van der Waals surface area (Å²) >= 11 is 0. The van der Waals surface area contributed by atoms with Crippen molar-refractivity contribution in [3.05, 3.63) is 36.4 Å². The lowest BCUT2D eigenvalue weighted by Crippen LogP contribution is -2.37. The first-order chi connectivity index (χ1) is 15.1. The molecule has 0 spiro atoms. The molecular formula is C22H25N5O4. The molecule has 2 N–H and O–H groups in total. The summed E-state index contributed by atoms with van der Waals surface area (Å²) in [5.74, 6) is 2.37. The summed E-state index contributed by atoms with van der Waals surface area (Å²) in [5.41, 5.74) is 2.30. The average Bonchev–Trinajstić information content (AvgIpc) is 2.79. The number of anilines is 4. The number of benzene rings is 2. The standard InChI is InChI=1S/C22H25N5O4/c1-14(28)23-15-4-6-16(7-5-15)24-21-17-12-19(29-2)20(30-3)13-18(17)25-22(26-21)27-8-10-31-11-9-27/h4-7,12-13H,8-11H2,1-3H3,(H,23,28)(H,24,25,26). The number of hydrogen-bond acceptors (Lipinski definition) is 8. The molecule has 2 heterocycles. The van der Waals surface area contributed by atoms with Gasteiger partial charge in [-0.2, -0.15) is 4.98 Å². The molecule has 3 aromatic rings. The molecule has 0 saturated carbocycles. The number of nitrogens with one attached hydrogen (secondary N) is 2. The van der Waals surface area contributed by atoms with Crippen LogP contribution in [-0.4, -0.2) is 56.4 Å². The maximum Gasteiger partial charge on any atom is 0.228 e. The Labute approximate surface area is 180 Å². The first-order valence-electron chi connectivity index (χ1n) is 9.98. The first-order valence-corrected chi connectivity index (χ1v) is 9.98. The Hall–Kier alpha value is -3.59. The van der Waals surface area contributed by atoms with Crippen molar-refractivity contribution in [2.45, 2.75) is 6.92 Å². The molecule has 0 radical (unpaired) electrons. The number of fused-ring (bicyclic) bond motifs is 1. The average molecular weight is 423 g/mol. The fourth-order valence-electron chi connectivity index (χ4n) is 3.42. The van der Waals surface area contributed by atoms with E-state index in [4.69, 9.17) is 24.2 Å². The lowest BCUT2D eigenvalue weighted by Gasteiger charge is -2.27. The van der Waals surface area contributed by atoms with Crippen molar-refractivity contribution in [2.24, 2.45) is 0 Å². The highest BCUT2D eigenvalue weighted by Gasteiger charge is 2.19. The lowest BCUT2D eigenvalue weighted by molar-refractivity contribution is -0.114. The van der Waals surface area contributed by atoms with Gasteiger partial charge in [0.05, 0.1) is 33.0 Å². The van der Waals surface area contributed by atoms with Crippen LogP contribution in [0.5, 0.6) is 11.5 Å². The fourth-order valence-corrected chi connectivity index (χ4v) is 3.42. The number of aromatic nitrogens is 2. The van der Waals surface area contributed by atoms with Crippen LogP contribution in [0.25, 0.3) is 10.9 Å². The molecule has 0 unspecified atom stereocenters. The van der Waals surface area contributed by atoms with E-state index in [9.17, 15) is 4.79 Å². The van der Waals surface area contributed by atoms with Gasteiger partial charge in [-0.05, 0) is 30.3 Å². The van der Waals surface area contributed by atoms with Gasteiger partial charge in [0.25, 0.3) is 0 Å². The number of carbonyl (C=O) groups is 1. The number of carbonyl (C=O) groups excluding carboxylic acids is 1. The van der Waals surface area contributed by atoms with E-state index in [1.54, 1.807) is 14.2 Å². The molecule has 0 atom stereocenters. The van der Waals surface area contributed by atoms with Crippen LogP contribution in [0.4, 0.5) is 23.1 Å². The highest BCUT2D eigenvalue weighted by atomic mass is 16.5. The van der Waals surface area contributed by atoms with E-state index in [0.29, 0.717) is 36.5 Å². The second-order valence-corrected chi connectivity index (χ2v) is 7.08. The minimum absolute atomic E-state index is 0.112. The maximum absolute atomic E-state index is 11.3. The summed E-state index contributed by atoms with van der Waals surface area (Å²) in [7, 11) is 3.20. The SMILES string of the molecule is COc1cc2nc(N3CCOCC3)nc(Nc3ccc(NC(C)=O)cc3)c2cc1OC. The molecule has 1 fully saturated rings. The third-order valence-electron chi connectivity index (χ3n) is 4.95. The van der Waals surface area contributed by atoms with E-state index in [1.165, 1.54) is 6.92 Å². The van der Waals surface area contributed by atoms with Crippen molar-refractivity contribution in [1.82, 2.24) is 9.97 Å². The molecule has 1 amide bonds. The number of nitrogens with zero attached hydrogens (tertiary/aromatic N) is 3. The van der Waals surface area contributed by atoms with Crippen LogP contribution in [-0.2, 0) is 9.53 Å². The Morgan fingerprint density at radius 1 is 1.00 bits per heavy atom. The van der Waals surface area contributed by atoms with Gasteiger partial charge in [-0.1, -0.05) is 0 Å². The van der Waals surface area contributed by atoms with Gasteiger partial charge >= 0.3 is 0 Å². The van der Waals surface area contributed by atoms with Gasteiger partial charge in [0.1, 0.15) is 5.82 Å². The Morgan fingerprint density at radius 2 is 1.65 bits per heavy atom. The first kappa shape index (κ1) is 20.7. The molecule has 9 heteroatoms. The number of morpholine rings is 1. The molecule has 9 nitrogen and oxygen atoms in total. The van der Waals surface area contributed by atoms with E-state index in [0.717, 1.165) is 35.4 Å². The summed E-state index contributed by atoms with van der Waals surface area (Å²) < 4.78 is 16.4. The number of ether oxygens (including phenoxy) is 3. The second kappa shape index (κ2) is 9.05. The molecular weight excluding hydrogens is 398 g/mol. The molecule has 0 aliphatic carbocycles. The third-order valence-corrected chi connectivity index (χ3v) is 4.95. The Balaban J connectivity index is 1.75. The summed E-state index contributed by atoms with van der Waals surface area (Å²) in [6.45, 7) is 4.21. The lowest BCUT2D eigenvalue weighted by atomic mass is 10.2. The van der Waals surface area contributed by atoms with Crippen molar-refractivity contribution in [2.75, 3.05) is 56.1 Å². The molecule has 1 aliphatic heterocycles. The van der Waals surface area contributed by atoms with Crippen LogP contribution in [0.3, 0.4) is 0 Å². The van der Waals surface area contributed by atoms with Crippen molar-refractivity contribution in [3.8, 4) is 11.5 Å². The minimum Gasteiger partial charge on any atom is -0.493 e. The van der Waals surface area contributed by atoms with Gasteiger partial charge in [0.15, 0.2) is 11.5 Å². The Morgan fingerprint density at radius 3 is 2.29 bits per heavy atom. The van der Waals surface area contributed by atoms with Crippen molar-refractivity contribution in [3.63, 3.8) is 0 Å². The smallest absolute Gasteiger partial charge is 0.228 e. The van der Waals surface area contributed by atoms with Crippen LogP contribution in [0.2, 0.25) is 0 Å². The van der Waals surface area contributed by atoms with Gasteiger partial charge in [0.2, 0.25) is 11.9 Å². The maximum atomic E-state index is 11.3. The van der Waals surface area contributed by atoms with Crippen LogP contribution >= 0.6 is 0 Å². The van der Waals surface area contributed by atoms with Crippen LogP contribution in [0.1, 0.15) is 6.92 Å². The van der Waals surface area contributed by atoms with E-state index in [-0.39, 0.29) is 5.91 Å². The summed E-state index contributed by atoms with van der Waals surface area (Å²) in [6, 6.07) is 11.2. The van der Waals surface area contributed by atoms with Gasteiger partial charge < -0.3 is 29.7 Å². The second-order valence-electron chi connectivity index (χ2n) is 7.08. The van der Waals surface area contributed by atoms with Crippen LogP contribution < -0.4 is 25.0 Å². The molecule has 0 bridgehead atoms. The highest BCUT2D eigenvalue weighted by Crippen LogP contribution is 2.36. The number of methoxy groups -OCH3 is 2. The molecule has 1 saturated heterocycles. The molecule has 4 rings (SSSR count). The third kappa shape index (κ3) is 4.61. The van der Waals surface area contributed by atoms with Gasteiger partial charge in [-0.3, -0.25) is 4.79 Å². The number of hydrogen-bond donors (Lipinski definition) is 2. The number of rotatable bonds is 6. The largest absolute Gasteiger partial charge is 0.493 e. The zero-order chi connectivity index (χ0) is 21.8.